The number of amides is 1. The third-order valence-electron chi connectivity index (χ3n) is 6.73. The zero-order valence-corrected chi connectivity index (χ0v) is 19.3. The lowest BCUT2D eigenvalue weighted by molar-refractivity contribution is 0.0486. The average molecular weight is 453 g/mol. The number of thiophene rings is 1. The van der Waals surface area contributed by atoms with Crippen molar-refractivity contribution in [2.75, 3.05) is 26.6 Å². The van der Waals surface area contributed by atoms with Gasteiger partial charge in [-0.1, -0.05) is 12.1 Å². The Balaban J connectivity index is 1.35. The van der Waals surface area contributed by atoms with Gasteiger partial charge in [-0.15, -0.1) is 11.3 Å². The quantitative estimate of drug-likeness (QED) is 0.601. The summed E-state index contributed by atoms with van der Waals surface area (Å²) in [6.45, 7) is 7.05. The minimum atomic E-state index is -0.183. The van der Waals surface area contributed by atoms with Crippen LogP contribution in [0.4, 0.5) is 0 Å². The predicted octanol–water partition coefficient (Wildman–Crippen LogP) is 4.42. The van der Waals surface area contributed by atoms with Crippen LogP contribution in [0.2, 0.25) is 0 Å². The van der Waals surface area contributed by atoms with Gasteiger partial charge in [-0.25, -0.2) is 0 Å². The van der Waals surface area contributed by atoms with Crippen molar-refractivity contribution in [3.05, 3.63) is 69.2 Å². The molecule has 168 valence electrons. The van der Waals surface area contributed by atoms with E-state index in [1.807, 2.05) is 19.1 Å². The van der Waals surface area contributed by atoms with Gasteiger partial charge in [0.05, 0.1) is 12.1 Å². The Labute approximate surface area is 192 Å². The van der Waals surface area contributed by atoms with E-state index in [0.717, 1.165) is 53.4 Å². The lowest BCUT2D eigenvalue weighted by Gasteiger charge is -2.38. The molecule has 0 bridgehead atoms. The summed E-state index contributed by atoms with van der Waals surface area (Å²) in [6.07, 6.45) is 1.70. The first-order valence-electron chi connectivity index (χ1n) is 11.0. The van der Waals surface area contributed by atoms with E-state index in [-0.39, 0.29) is 18.1 Å². The van der Waals surface area contributed by atoms with E-state index in [4.69, 9.17) is 14.2 Å². The Bertz CT molecular complexity index is 1110. The molecule has 1 fully saturated rings. The van der Waals surface area contributed by atoms with Gasteiger partial charge in [0.25, 0.3) is 5.91 Å². The number of nitrogens with zero attached hydrogens (tertiary/aromatic N) is 1. The highest BCUT2D eigenvalue weighted by atomic mass is 32.1. The van der Waals surface area contributed by atoms with Gasteiger partial charge in [-0.3, -0.25) is 4.79 Å². The third-order valence-corrected chi connectivity index (χ3v) is 7.60. The monoisotopic (exact) mass is 452 g/mol. The fourth-order valence-electron chi connectivity index (χ4n) is 4.73. The second kappa shape index (κ2) is 8.64. The molecular weight excluding hydrogens is 424 g/mol. The van der Waals surface area contributed by atoms with Crippen molar-refractivity contribution in [2.24, 2.45) is 0 Å². The summed E-state index contributed by atoms with van der Waals surface area (Å²) in [5, 5.41) is 5.32. The highest BCUT2D eigenvalue weighted by molar-refractivity contribution is 7.09. The van der Waals surface area contributed by atoms with Crippen LogP contribution in [0, 0.1) is 13.8 Å². The fourth-order valence-corrected chi connectivity index (χ4v) is 5.43. The summed E-state index contributed by atoms with van der Waals surface area (Å²) in [5.41, 5.74) is 3.81. The van der Waals surface area contributed by atoms with E-state index in [1.54, 1.807) is 11.3 Å². The molecule has 2 aromatic heterocycles. The smallest absolute Gasteiger partial charge is 0.253 e. The normalized spacial score (nSPS) is 16.8. The Morgan fingerprint density at radius 3 is 2.72 bits per heavy atom. The van der Waals surface area contributed by atoms with Crippen molar-refractivity contribution in [2.45, 2.75) is 38.6 Å². The Kier molecular flexibility index (Phi) is 5.69. The van der Waals surface area contributed by atoms with Gasteiger partial charge in [0.2, 0.25) is 6.79 Å². The Hall–Kier alpha value is -2.77. The average Bonchev–Trinajstić information content (AvgIpc) is 3.55. The maximum absolute atomic E-state index is 13.2. The fraction of sp³-hybridized carbons (Fsp3) is 0.400. The number of carbonyl (C=O) groups excluding carboxylic acids is 1. The van der Waals surface area contributed by atoms with Crippen LogP contribution in [0.3, 0.4) is 0 Å². The van der Waals surface area contributed by atoms with Crippen LogP contribution in [0.5, 0.6) is 11.5 Å². The van der Waals surface area contributed by atoms with Gasteiger partial charge < -0.3 is 24.1 Å². The molecule has 7 heteroatoms. The van der Waals surface area contributed by atoms with Gasteiger partial charge in [0.1, 0.15) is 0 Å². The number of ether oxygens (including phenoxy) is 3. The van der Waals surface area contributed by atoms with E-state index in [2.05, 4.69) is 46.5 Å². The number of hydrogen-bond donors (Lipinski definition) is 1. The number of benzene rings is 1. The van der Waals surface area contributed by atoms with E-state index < -0.39 is 0 Å². The molecule has 1 N–H and O–H groups in total. The zero-order valence-electron chi connectivity index (χ0n) is 18.5. The number of hydrogen-bond acceptors (Lipinski definition) is 5. The first kappa shape index (κ1) is 21.1. The van der Waals surface area contributed by atoms with E-state index in [1.165, 1.54) is 4.88 Å². The molecule has 0 atom stereocenters. The van der Waals surface area contributed by atoms with Crippen molar-refractivity contribution >= 4 is 17.2 Å². The van der Waals surface area contributed by atoms with Crippen molar-refractivity contribution in [1.82, 2.24) is 9.88 Å². The summed E-state index contributed by atoms with van der Waals surface area (Å²) in [5.74, 6) is 1.53. The zero-order chi connectivity index (χ0) is 22.1. The number of nitrogens with one attached hydrogen (secondary N) is 1. The standard InChI is InChI=1S/C25H28N2O4S/c1-17-12-21(18(2)27(17)14-20-4-3-11-32-20)24(28)26-15-25(7-9-29-10-8-25)19-5-6-22-23(13-19)31-16-30-22/h3-6,11-13H,7-10,14-16H2,1-2H3,(H,26,28). The van der Waals surface area contributed by atoms with Crippen molar-refractivity contribution in [3.63, 3.8) is 0 Å². The van der Waals surface area contributed by atoms with Gasteiger partial charge in [-0.05, 0) is 61.9 Å². The van der Waals surface area contributed by atoms with E-state index in [9.17, 15) is 4.79 Å². The van der Waals surface area contributed by atoms with Crippen LogP contribution < -0.4 is 14.8 Å². The molecule has 1 saturated heterocycles. The summed E-state index contributed by atoms with van der Waals surface area (Å²) < 4.78 is 18.9. The summed E-state index contributed by atoms with van der Waals surface area (Å²) in [6, 6.07) is 12.3. The van der Waals surface area contributed by atoms with Gasteiger partial charge in [0.15, 0.2) is 11.5 Å². The highest BCUT2D eigenvalue weighted by Gasteiger charge is 2.36. The lowest BCUT2D eigenvalue weighted by atomic mass is 9.74. The van der Waals surface area contributed by atoms with Crippen molar-refractivity contribution < 1.29 is 19.0 Å². The van der Waals surface area contributed by atoms with Gasteiger partial charge in [0, 0.05) is 41.4 Å². The highest BCUT2D eigenvalue weighted by Crippen LogP contribution is 2.40. The Morgan fingerprint density at radius 1 is 1.12 bits per heavy atom. The number of fused-ring (bicyclic) bond motifs is 1. The molecule has 32 heavy (non-hydrogen) atoms. The van der Waals surface area contributed by atoms with E-state index >= 15 is 0 Å². The third kappa shape index (κ3) is 3.91. The molecule has 0 aliphatic carbocycles. The molecule has 0 saturated carbocycles. The number of carbonyl (C=O) groups is 1. The van der Waals surface area contributed by atoms with Crippen molar-refractivity contribution in [3.8, 4) is 11.5 Å². The van der Waals surface area contributed by atoms with Crippen LogP contribution >= 0.6 is 11.3 Å². The number of aromatic nitrogens is 1. The summed E-state index contributed by atoms with van der Waals surface area (Å²) in [4.78, 5) is 14.5. The molecule has 1 amide bonds. The number of rotatable bonds is 6. The van der Waals surface area contributed by atoms with E-state index in [0.29, 0.717) is 19.8 Å². The minimum Gasteiger partial charge on any atom is -0.454 e. The first-order chi connectivity index (χ1) is 15.6. The molecule has 5 rings (SSSR count). The molecule has 4 heterocycles. The molecule has 0 radical (unpaired) electrons. The molecule has 6 nitrogen and oxygen atoms in total. The Morgan fingerprint density at radius 2 is 1.94 bits per heavy atom. The molecule has 2 aliphatic heterocycles. The SMILES string of the molecule is Cc1cc(C(=O)NCC2(c3ccc4c(c3)OCO4)CCOCC2)c(C)n1Cc1cccs1. The minimum absolute atomic E-state index is 0.0258. The second-order valence-electron chi connectivity index (χ2n) is 8.59. The van der Waals surface area contributed by atoms with Crippen molar-refractivity contribution in [1.29, 1.82) is 0 Å². The maximum Gasteiger partial charge on any atom is 0.253 e. The summed E-state index contributed by atoms with van der Waals surface area (Å²) >= 11 is 1.73. The molecule has 0 unspecified atom stereocenters. The lowest BCUT2D eigenvalue weighted by Crippen LogP contribution is -2.44. The summed E-state index contributed by atoms with van der Waals surface area (Å²) in [7, 11) is 0. The molecule has 0 spiro atoms. The van der Waals surface area contributed by atoms with Crippen LogP contribution in [-0.2, 0) is 16.7 Å². The topological polar surface area (TPSA) is 61.7 Å². The van der Waals surface area contributed by atoms with Gasteiger partial charge >= 0.3 is 0 Å². The largest absolute Gasteiger partial charge is 0.454 e. The molecule has 3 aromatic rings. The molecular formula is C25H28N2O4S. The second-order valence-corrected chi connectivity index (χ2v) is 9.63. The van der Waals surface area contributed by atoms with Crippen LogP contribution in [0.1, 0.15) is 45.0 Å². The van der Waals surface area contributed by atoms with Crippen LogP contribution in [0.15, 0.2) is 41.8 Å². The first-order valence-corrected chi connectivity index (χ1v) is 11.9. The predicted molar refractivity (Wildman–Crippen MR) is 124 cm³/mol. The molecule has 1 aromatic carbocycles. The van der Waals surface area contributed by atoms with Crippen LogP contribution in [-0.4, -0.2) is 37.0 Å². The van der Waals surface area contributed by atoms with Gasteiger partial charge in [-0.2, -0.15) is 0 Å². The van der Waals surface area contributed by atoms with Crippen LogP contribution in [0.25, 0.3) is 0 Å². The maximum atomic E-state index is 13.2. The molecule has 2 aliphatic rings. The number of aryl methyl sites for hydroxylation is 1.